The Morgan fingerprint density at radius 1 is 1.41 bits per heavy atom. The summed E-state index contributed by atoms with van der Waals surface area (Å²) in [5, 5.41) is 6.68. The predicted octanol–water partition coefficient (Wildman–Crippen LogP) is 2.07. The largest absolute Gasteiger partial charge is 0.352 e. The van der Waals surface area contributed by atoms with E-state index in [-0.39, 0.29) is 5.91 Å². The third-order valence-electron chi connectivity index (χ3n) is 4.40. The lowest BCUT2D eigenvalue weighted by atomic mass is 9.70. The molecule has 3 nitrogen and oxygen atoms in total. The second kappa shape index (κ2) is 4.97. The number of hydrogen-bond donors (Lipinski definition) is 2. The summed E-state index contributed by atoms with van der Waals surface area (Å²) in [6, 6.07) is 1.00. The van der Waals surface area contributed by atoms with Gasteiger partial charge in [-0.1, -0.05) is 20.8 Å². The lowest BCUT2D eigenvalue weighted by molar-refractivity contribution is -0.119. The average molecular weight is 238 g/mol. The average Bonchev–Trinajstić information content (AvgIpc) is 2.62. The van der Waals surface area contributed by atoms with Gasteiger partial charge in [0.2, 0.25) is 5.91 Å². The van der Waals surface area contributed by atoms with E-state index in [9.17, 15) is 4.79 Å². The van der Waals surface area contributed by atoms with Crippen molar-refractivity contribution in [3.63, 3.8) is 0 Å². The van der Waals surface area contributed by atoms with Gasteiger partial charge in [0, 0.05) is 25.0 Å². The number of carbonyl (C=O) groups is 1. The SMILES string of the molecule is CC1CC(C)(C)CCC1NCC1CCC(=O)N1. The van der Waals surface area contributed by atoms with Gasteiger partial charge in [0.15, 0.2) is 0 Å². The molecule has 0 aromatic heterocycles. The molecule has 0 aromatic carbocycles. The van der Waals surface area contributed by atoms with Crippen LogP contribution >= 0.6 is 0 Å². The highest BCUT2D eigenvalue weighted by Gasteiger charge is 2.32. The minimum atomic E-state index is 0.217. The normalized spacial score (nSPS) is 36.9. The molecule has 1 saturated carbocycles. The van der Waals surface area contributed by atoms with E-state index in [1.807, 2.05) is 0 Å². The summed E-state index contributed by atoms with van der Waals surface area (Å²) in [5.74, 6) is 0.963. The van der Waals surface area contributed by atoms with Crippen LogP contribution in [0.5, 0.6) is 0 Å². The molecular weight excluding hydrogens is 212 g/mol. The van der Waals surface area contributed by atoms with Crippen molar-refractivity contribution in [3.8, 4) is 0 Å². The van der Waals surface area contributed by atoms with Gasteiger partial charge in [0.25, 0.3) is 0 Å². The molecule has 2 rings (SSSR count). The molecule has 0 spiro atoms. The molecule has 0 bridgehead atoms. The minimum absolute atomic E-state index is 0.217. The molecule has 1 amide bonds. The number of amides is 1. The van der Waals surface area contributed by atoms with E-state index < -0.39 is 0 Å². The molecule has 17 heavy (non-hydrogen) atoms. The van der Waals surface area contributed by atoms with Crippen LogP contribution in [0.25, 0.3) is 0 Å². The zero-order valence-electron chi connectivity index (χ0n) is 11.4. The summed E-state index contributed by atoms with van der Waals surface area (Å²) >= 11 is 0. The van der Waals surface area contributed by atoms with Crippen molar-refractivity contribution in [1.82, 2.24) is 10.6 Å². The Labute approximate surface area is 105 Å². The first-order chi connectivity index (χ1) is 7.96. The van der Waals surface area contributed by atoms with E-state index in [1.165, 1.54) is 19.3 Å². The number of rotatable bonds is 3. The molecule has 2 fully saturated rings. The number of nitrogens with one attached hydrogen (secondary N) is 2. The van der Waals surface area contributed by atoms with Crippen LogP contribution in [0.3, 0.4) is 0 Å². The summed E-state index contributed by atoms with van der Waals surface area (Å²) in [5.41, 5.74) is 0.513. The highest BCUT2D eigenvalue weighted by molar-refractivity contribution is 5.78. The van der Waals surface area contributed by atoms with Crippen molar-refractivity contribution in [2.45, 2.75) is 65.0 Å². The minimum Gasteiger partial charge on any atom is -0.352 e. The second-order valence-electron chi connectivity index (χ2n) is 6.70. The monoisotopic (exact) mass is 238 g/mol. The fraction of sp³-hybridized carbons (Fsp3) is 0.929. The molecule has 0 aromatic rings. The van der Waals surface area contributed by atoms with E-state index in [1.54, 1.807) is 0 Å². The Morgan fingerprint density at radius 3 is 2.76 bits per heavy atom. The van der Waals surface area contributed by atoms with Crippen LogP contribution in [0, 0.1) is 11.3 Å². The van der Waals surface area contributed by atoms with Gasteiger partial charge in [-0.15, -0.1) is 0 Å². The van der Waals surface area contributed by atoms with Crippen LogP contribution in [-0.2, 0) is 4.79 Å². The van der Waals surface area contributed by atoms with Gasteiger partial charge in [-0.2, -0.15) is 0 Å². The molecule has 2 N–H and O–H groups in total. The third-order valence-corrected chi connectivity index (χ3v) is 4.40. The summed E-state index contributed by atoms with van der Waals surface area (Å²) < 4.78 is 0. The maximum absolute atomic E-state index is 11.1. The topological polar surface area (TPSA) is 41.1 Å². The van der Waals surface area contributed by atoms with E-state index in [0.29, 0.717) is 23.9 Å². The Morgan fingerprint density at radius 2 is 2.18 bits per heavy atom. The summed E-state index contributed by atoms with van der Waals surface area (Å²) in [6.45, 7) is 8.04. The fourth-order valence-electron chi connectivity index (χ4n) is 3.37. The first-order valence-electron chi connectivity index (χ1n) is 6.99. The molecule has 1 saturated heterocycles. The van der Waals surface area contributed by atoms with Gasteiger partial charge in [0.05, 0.1) is 0 Å². The maximum atomic E-state index is 11.1. The summed E-state index contributed by atoms with van der Waals surface area (Å²) in [4.78, 5) is 11.1. The Bertz CT molecular complexity index is 288. The quantitative estimate of drug-likeness (QED) is 0.790. The van der Waals surface area contributed by atoms with Crippen molar-refractivity contribution in [2.75, 3.05) is 6.54 Å². The summed E-state index contributed by atoms with van der Waals surface area (Å²) in [6.07, 6.45) is 5.60. The number of carbonyl (C=O) groups excluding carboxylic acids is 1. The molecule has 98 valence electrons. The molecule has 1 aliphatic heterocycles. The zero-order valence-corrected chi connectivity index (χ0v) is 11.4. The van der Waals surface area contributed by atoms with E-state index in [2.05, 4.69) is 31.4 Å². The van der Waals surface area contributed by atoms with Gasteiger partial charge in [0.1, 0.15) is 0 Å². The molecular formula is C14H26N2O. The van der Waals surface area contributed by atoms with Crippen LogP contribution < -0.4 is 10.6 Å². The van der Waals surface area contributed by atoms with Crippen LogP contribution in [0.4, 0.5) is 0 Å². The molecule has 1 aliphatic carbocycles. The van der Waals surface area contributed by atoms with Gasteiger partial charge in [-0.3, -0.25) is 4.79 Å². The highest BCUT2D eigenvalue weighted by Crippen LogP contribution is 2.38. The van der Waals surface area contributed by atoms with Crippen molar-refractivity contribution >= 4 is 5.91 Å². The van der Waals surface area contributed by atoms with Gasteiger partial charge >= 0.3 is 0 Å². The van der Waals surface area contributed by atoms with Crippen molar-refractivity contribution in [3.05, 3.63) is 0 Å². The van der Waals surface area contributed by atoms with Crippen molar-refractivity contribution < 1.29 is 4.79 Å². The molecule has 3 heteroatoms. The Balaban J connectivity index is 1.74. The van der Waals surface area contributed by atoms with Gasteiger partial charge in [-0.25, -0.2) is 0 Å². The van der Waals surface area contributed by atoms with Crippen molar-refractivity contribution in [2.24, 2.45) is 11.3 Å². The third kappa shape index (κ3) is 3.44. The maximum Gasteiger partial charge on any atom is 0.220 e. The second-order valence-corrected chi connectivity index (χ2v) is 6.70. The molecule has 1 heterocycles. The van der Waals surface area contributed by atoms with Crippen LogP contribution in [0.1, 0.15) is 52.9 Å². The number of hydrogen-bond acceptors (Lipinski definition) is 2. The summed E-state index contributed by atoms with van der Waals surface area (Å²) in [7, 11) is 0. The first kappa shape index (κ1) is 12.9. The predicted molar refractivity (Wildman–Crippen MR) is 69.8 cm³/mol. The zero-order chi connectivity index (χ0) is 12.5. The molecule has 2 aliphatic rings. The van der Waals surface area contributed by atoms with E-state index >= 15 is 0 Å². The van der Waals surface area contributed by atoms with Gasteiger partial charge < -0.3 is 10.6 Å². The Hall–Kier alpha value is -0.570. The molecule has 0 radical (unpaired) electrons. The smallest absolute Gasteiger partial charge is 0.220 e. The lowest BCUT2D eigenvalue weighted by Gasteiger charge is -2.40. The van der Waals surface area contributed by atoms with E-state index in [0.717, 1.165) is 18.9 Å². The Kier molecular flexibility index (Phi) is 3.76. The highest BCUT2D eigenvalue weighted by atomic mass is 16.1. The van der Waals surface area contributed by atoms with Crippen LogP contribution in [-0.4, -0.2) is 24.5 Å². The standard InChI is InChI=1S/C14H26N2O/c1-10-8-14(2,3)7-6-12(10)15-9-11-4-5-13(17)16-11/h10-12,15H,4-9H2,1-3H3,(H,16,17). The van der Waals surface area contributed by atoms with E-state index in [4.69, 9.17) is 0 Å². The first-order valence-corrected chi connectivity index (χ1v) is 6.99. The fourth-order valence-corrected chi connectivity index (χ4v) is 3.37. The molecule has 3 atom stereocenters. The van der Waals surface area contributed by atoms with Gasteiger partial charge in [-0.05, 0) is 37.0 Å². The van der Waals surface area contributed by atoms with Crippen LogP contribution in [0.2, 0.25) is 0 Å². The molecule has 3 unspecified atom stereocenters. The van der Waals surface area contributed by atoms with Crippen LogP contribution in [0.15, 0.2) is 0 Å². The van der Waals surface area contributed by atoms with Crippen molar-refractivity contribution in [1.29, 1.82) is 0 Å². The lowest BCUT2D eigenvalue weighted by Crippen LogP contribution is -2.46.